The molecule has 0 bridgehead atoms. The molecule has 1 aromatic heterocycles. The SMILES string of the molecule is CCNC(=O)NC(=O)C(C)n1cc(C(O)CC)nn1. The van der Waals surface area contributed by atoms with E-state index in [1.165, 1.54) is 10.9 Å². The molecule has 2 atom stereocenters. The average Bonchev–Trinajstić information content (AvgIpc) is 2.86. The lowest BCUT2D eigenvalue weighted by Crippen LogP contribution is -2.42. The smallest absolute Gasteiger partial charge is 0.321 e. The first-order valence-corrected chi connectivity index (χ1v) is 6.18. The van der Waals surface area contributed by atoms with Crippen LogP contribution in [0.2, 0.25) is 0 Å². The number of aliphatic hydroxyl groups is 1. The number of carbonyl (C=O) groups excluding carboxylic acids is 2. The highest BCUT2D eigenvalue weighted by Crippen LogP contribution is 2.14. The van der Waals surface area contributed by atoms with Crippen LogP contribution in [-0.4, -0.2) is 38.6 Å². The van der Waals surface area contributed by atoms with Crippen LogP contribution in [0.1, 0.15) is 45.0 Å². The summed E-state index contributed by atoms with van der Waals surface area (Å²) >= 11 is 0. The molecule has 8 heteroatoms. The minimum Gasteiger partial charge on any atom is -0.387 e. The molecule has 2 unspecified atom stereocenters. The Morgan fingerprint density at radius 2 is 2.16 bits per heavy atom. The number of nitrogens with one attached hydrogen (secondary N) is 2. The highest BCUT2D eigenvalue weighted by atomic mass is 16.3. The van der Waals surface area contributed by atoms with Gasteiger partial charge in [-0.2, -0.15) is 0 Å². The van der Waals surface area contributed by atoms with Gasteiger partial charge in [-0.05, 0) is 20.3 Å². The van der Waals surface area contributed by atoms with Gasteiger partial charge in [-0.3, -0.25) is 10.1 Å². The third-order valence-corrected chi connectivity index (χ3v) is 2.61. The first kappa shape index (κ1) is 15.1. The molecule has 0 aliphatic rings. The van der Waals surface area contributed by atoms with Gasteiger partial charge in [0.15, 0.2) is 0 Å². The van der Waals surface area contributed by atoms with Crippen molar-refractivity contribution in [2.75, 3.05) is 6.54 Å². The first-order valence-electron chi connectivity index (χ1n) is 6.18. The molecular formula is C11H19N5O3. The zero-order valence-corrected chi connectivity index (χ0v) is 11.3. The van der Waals surface area contributed by atoms with E-state index in [1.807, 2.05) is 6.92 Å². The summed E-state index contributed by atoms with van der Waals surface area (Å²) in [5.74, 6) is -0.492. The molecular weight excluding hydrogens is 250 g/mol. The number of hydrogen-bond acceptors (Lipinski definition) is 5. The van der Waals surface area contributed by atoms with Gasteiger partial charge in [0.1, 0.15) is 11.7 Å². The van der Waals surface area contributed by atoms with Gasteiger partial charge in [-0.1, -0.05) is 12.1 Å². The second-order valence-electron chi connectivity index (χ2n) is 4.07. The second kappa shape index (κ2) is 6.83. The number of imide groups is 1. The Morgan fingerprint density at radius 1 is 1.47 bits per heavy atom. The molecule has 19 heavy (non-hydrogen) atoms. The third-order valence-electron chi connectivity index (χ3n) is 2.61. The molecule has 0 saturated carbocycles. The van der Waals surface area contributed by atoms with Crippen LogP contribution >= 0.6 is 0 Å². The molecule has 0 spiro atoms. The molecule has 106 valence electrons. The highest BCUT2D eigenvalue weighted by Gasteiger charge is 2.20. The van der Waals surface area contributed by atoms with Crippen LogP contribution in [0.4, 0.5) is 4.79 Å². The Hall–Kier alpha value is -1.96. The topological polar surface area (TPSA) is 109 Å². The Kier molecular flexibility index (Phi) is 5.43. The molecule has 8 nitrogen and oxygen atoms in total. The van der Waals surface area contributed by atoms with Crippen molar-refractivity contribution < 1.29 is 14.7 Å². The third kappa shape index (κ3) is 4.02. The summed E-state index contributed by atoms with van der Waals surface area (Å²) in [6.45, 7) is 5.59. The van der Waals surface area contributed by atoms with Crippen molar-refractivity contribution in [3.8, 4) is 0 Å². The predicted molar refractivity (Wildman–Crippen MR) is 67.2 cm³/mol. The van der Waals surface area contributed by atoms with Crippen molar-refractivity contribution in [3.05, 3.63) is 11.9 Å². The fraction of sp³-hybridized carbons (Fsp3) is 0.636. The Balaban J connectivity index is 2.66. The van der Waals surface area contributed by atoms with Crippen molar-refractivity contribution in [2.24, 2.45) is 0 Å². The standard InChI is InChI=1S/C11H19N5O3/c1-4-9(17)8-6-16(15-14-8)7(3)10(18)13-11(19)12-5-2/h6-7,9,17H,4-5H2,1-3H3,(H2,12,13,18,19). The normalized spacial score (nSPS) is 13.7. The van der Waals surface area contributed by atoms with E-state index in [9.17, 15) is 14.7 Å². The monoisotopic (exact) mass is 269 g/mol. The summed E-state index contributed by atoms with van der Waals surface area (Å²) in [6.07, 6.45) is 1.31. The van der Waals surface area contributed by atoms with Gasteiger partial charge < -0.3 is 10.4 Å². The number of aromatic nitrogens is 3. The maximum Gasteiger partial charge on any atom is 0.321 e. The predicted octanol–water partition coefficient (Wildman–Crippen LogP) is 0.128. The van der Waals surface area contributed by atoms with E-state index in [0.717, 1.165) is 0 Å². The van der Waals surface area contributed by atoms with Gasteiger partial charge in [0.2, 0.25) is 0 Å². The van der Waals surface area contributed by atoms with Crippen LogP contribution in [0, 0.1) is 0 Å². The van der Waals surface area contributed by atoms with Crippen molar-refractivity contribution in [3.63, 3.8) is 0 Å². The van der Waals surface area contributed by atoms with Gasteiger partial charge in [-0.25, -0.2) is 9.48 Å². The summed E-state index contributed by atoms with van der Waals surface area (Å²) in [6, 6.07) is -1.24. The highest BCUT2D eigenvalue weighted by molar-refractivity contribution is 5.95. The number of rotatable bonds is 5. The number of hydrogen-bond donors (Lipinski definition) is 3. The molecule has 0 aliphatic heterocycles. The summed E-state index contributed by atoms with van der Waals surface area (Å²) in [5.41, 5.74) is 0.403. The molecule has 0 saturated heterocycles. The van der Waals surface area contributed by atoms with E-state index >= 15 is 0 Å². The summed E-state index contributed by atoms with van der Waals surface area (Å²) in [4.78, 5) is 23.0. The van der Waals surface area contributed by atoms with Crippen LogP contribution in [0.25, 0.3) is 0 Å². The summed E-state index contributed by atoms with van der Waals surface area (Å²) in [7, 11) is 0. The van der Waals surface area contributed by atoms with Gasteiger partial charge in [0, 0.05) is 6.54 Å². The minimum atomic E-state index is -0.701. The van der Waals surface area contributed by atoms with Crippen molar-refractivity contribution in [1.29, 1.82) is 0 Å². The molecule has 0 aliphatic carbocycles. The summed E-state index contributed by atoms with van der Waals surface area (Å²) in [5, 5.41) is 21.8. The molecule has 3 N–H and O–H groups in total. The van der Waals surface area contributed by atoms with Crippen molar-refractivity contribution in [1.82, 2.24) is 25.6 Å². The zero-order chi connectivity index (χ0) is 14.4. The molecule has 0 fully saturated rings. The fourth-order valence-corrected chi connectivity index (χ4v) is 1.38. The van der Waals surface area contributed by atoms with E-state index < -0.39 is 24.1 Å². The lowest BCUT2D eigenvalue weighted by molar-refractivity contribution is -0.123. The average molecular weight is 269 g/mol. The van der Waals surface area contributed by atoms with Crippen LogP contribution < -0.4 is 10.6 Å². The maximum absolute atomic E-state index is 11.8. The van der Waals surface area contributed by atoms with E-state index in [1.54, 1.807) is 13.8 Å². The van der Waals surface area contributed by atoms with Crippen LogP contribution in [0.15, 0.2) is 6.20 Å². The van der Waals surface area contributed by atoms with E-state index in [-0.39, 0.29) is 0 Å². The Bertz CT molecular complexity index is 445. The van der Waals surface area contributed by atoms with E-state index in [0.29, 0.717) is 18.7 Å². The molecule has 1 rings (SSSR count). The molecule has 1 aromatic rings. The number of amides is 3. The van der Waals surface area contributed by atoms with Crippen LogP contribution in [0.3, 0.4) is 0 Å². The van der Waals surface area contributed by atoms with Crippen molar-refractivity contribution >= 4 is 11.9 Å². The maximum atomic E-state index is 11.8. The molecule has 0 radical (unpaired) electrons. The largest absolute Gasteiger partial charge is 0.387 e. The van der Waals surface area contributed by atoms with Gasteiger partial charge in [0.25, 0.3) is 5.91 Å². The van der Waals surface area contributed by atoms with E-state index in [4.69, 9.17) is 0 Å². The quantitative estimate of drug-likeness (QED) is 0.704. The fourth-order valence-electron chi connectivity index (χ4n) is 1.38. The number of carbonyl (C=O) groups is 2. The van der Waals surface area contributed by atoms with Crippen LogP contribution in [0.5, 0.6) is 0 Å². The Labute approximate surface area is 111 Å². The van der Waals surface area contributed by atoms with Crippen LogP contribution in [-0.2, 0) is 4.79 Å². The molecule has 3 amide bonds. The van der Waals surface area contributed by atoms with E-state index in [2.05, 4.69) is 20.9 Å². The van der Waals surface area contributed by atoms with Gasteiger partial charge >= 0.3 is 6.03 Å². The lowest BCUT2D eigenvalue weighted by atomic mass is 10.2. The number of urea groups is 1. The van der Waals surface area contributed by atoms with Gasteiger partial charge in [-0.15, -0.1) is 5.10 Å². The lowest BCUT2D eigenvalue weighted by Gasteiger charge is -2.11. The number of aliphatic hydroxyl groups excluding tert-OH is 1. The molecule has 0 aromatic carbocycles. The van der Waals surface area contributed by atoms with Gasteiger partial charge in [0.05, 0.1) is 12.3 Å². The first-order chi connectivity index (χ1) is 8.99. The summed E-state index contributed by atoms with van der Waals surface area (Å²) < 4.78 is 1.31. The zero-order valence-electron chi connectivity index (χ0n) is 11.3. The van der Waals surface area contributed by atoms with Crippen molar-refractivity contribution in [2.45, 2.75) is 39.3 Å². The number of nitrogens with zero attached hydrogens (tertiary/aromatic N) is 3. The molecule has 1 heterocycles. The minimum absolute atomic E-state index is 0.403. The second-order valence-corrected chi connectivity index (χ2v) is 4.07. The Morgan fingerprint density at radius 3 is 2.74 bits per heavy atom.